The number of hydrogen-bond acceptors (Lipinski definition) is 16. The summed E-state index contributed by atoms with van der Waals surface area (Å²) in [4.78, 5) is -1.04. The molecule has 2 N–H and O–H groups in total. The van der Waals surface area contributed by atoms with Gasteiger partial charge in [-0.25, -0.2) is 25.6 Å². The van der Waals surface area contributed by atoms with Gasteiger partial charge in [-0.1, -0.05) is 120 Å². The zero-order chi connectivity index (χ0) is 67.6. The molecular formula is C72H67F2O18PS5. The number of aryl methyl sites for hydroxylation is 1. The maximum atomic E-state index is 15.2. The van der Waals surface area contributed by atoms with E-state index in [9.17, 15) is 51.6 Å². The maximum Gasteiger partial charge on any atom is 0.425 e. The standard InChI is InChI=1S/C56H43O13PS3.C12H8F2O2S.4CH4.O3S/c1-38-6-28-49(29-7-38)70(57,50-4-3-5-54(36-50)72(60,61)62)51-30-35-55(56(37-51)73(63,64)65)69-48-22-14-42(15-23-48)41-12-20-45(21-13-41)68-47-26-33-53(34-27-47)71(58,59)52-31-24-46(25-32-52)67-44-18-10-40(11-19-44)39-8-16-43(66-2)17-9-39;13-9-1-5-11(6-2-9)17(15,16)12-7-3-10(14)4-8-12;;;;;1-4(2)3/h3-37H,1-2H3,(H,60,61,62)(H,63,64,65);1-8H;4*1H4;. The summed E-state index contributed by atoms with van der Waals surface area (Å²) in [5.41, 5.74) is 4.44. The molecule has 11 aromatic rings. The molecule has 0 saturated carbocycles. The van der Waals surface area contributed by atoms with Crippen molar-refractivity contribution in [2.75, 3.05) is 7.11 Å². The van der Waals surface area contributed by atoms with Crippen LogP contribution in [0.1, 0.15) is 35.3 Å². The Morgan fingerprint density at radius 1 is 0.357 bits per heavy atom. The Morgan fingerprint density at radius 2 is 0.663 bits per heavy atom. The lowest BCUT2D eigenvalue weighted by Crippen LogP contribution is -2.26. The molecule has 98 heavy (non-hydrogen) atoms. The van der Waals surface area contributed by atoms with Crippen LogP contribution in [0.3, 0.4) is 0 Å². The number of benzene rings is 11. The Balaban J connectivity index is 0.000000594. The minimum Gasteiger partial charge on any atom is -0.497 e. The van der Waals surface area contributed by atoms with Crippen LogP contribution in [-0.2, 0) is 55.1 Å². The zero-order valence-electron chi connectivity index (χ0n) is 49.0. The fourth-order valence-electron chi connectivity index (χ4n) is 9.22. The first-order chi connectivity index (χ1) is 44.6. The van der Waals surface area contributed by atoms with Gasteiger partial charge >= 0.3 is 10.6 Å². The van der Waals surface area contributed by atoms with Gasteiger partial charge in [-0.15, -0.1) is 12.6 Å². The van der Waals surface area contributed by atoms with Crippen molar-refractivity contribution in [3.63, 3.8) is 0 Å². The van der Waals surface area contributed by atoms with Crippen molar-refractivity contribution in [2.24, 2.45) is 0 Å². The largest absolute Gasteiger partial charge is 0.497 e. The smallest absolute Gasteiger partial charge is 0.425 e. The molecule has 11 rings (SSSR count). The summed E-state index contributed by atoms with van der Waals surface area (Å²) in [6.07, 6.45) is 0. The summed E-state index contributed by atoms with van der Waals surface area (Å²) in [5.74, 6) is 1.68. The molecule has 0 fully saturated rings. The van der Waals surface area contributed by atoms with Crippen molar-refractivity contribution in [1.29, 1.82) is 0 Å². The van der Waals surface area contributed by atoms with Gasteiger partial charge in [0.2, 0.25) is 19.7 Å². The van der Waals surface area contributed by atoms with Gasteiger partial charge in [0, 0.05) is 15.9 Å². The lowest BCUT2D eigenvalue weighted by atomic mass is 10.1. The predicted octanol–water partition coefficient (Wildman–Crippen LogP) is 16.0. The van der Waals surface area contributed by atoms with Crippen LogP contribution in [0.2, 0.25) is 0 Å². The second-order valence-electron chi connectivity index (χ2n) is 20.2. The summed E-state index contributed by atoms with van der Waals surface area (Å²) >= 11 is 0. The molecule has 26 heteroatoms. The monoisotopic (exact) mass is 1450 g/mol. The van der Waals surface area contributed by atoms with Gasteiger partial charge < -0.3 is 23.5 Å². The summed E-state index contributed by atoms with van der Waals surface area (Å²) in [6.45, 7) is 1.82. The quantitative estimate of drug-likeness (QED) is 0.0458. The molecule has 0 heterocycles. The first kappa shape index (κ1) is 78.7. The lowest BCUT2D eigenvalue weighted by Gasteiger charge is -2.22. The van der Waals surface area contributed by atoms with Gasteiger partial charge in [-0.2, -0.15) is 16.8 Å². The Kier molecular flexibility index (Phi) is 26.8. The Labute approximate surface area is 571 Å². The summed E-state index contributed by atoms with van der Waals surface area (Å²) in [7, 11) is -22.8. The molecule has 1 atom stereocenters. The second-order valence-corrected chi connectivity index (χ2v) is 30.1. The van der Waals surface area contributed by atoms with E-state index in [2.05, 4.69) is 0 Å². The summed E-state index contributed by atoms with van der Waals surface area (Å²) in [5, 5.41) is 0.190. The van der Waals surface area contributed by atoms with Gasteiger partial charge in [0.05, 0.1) is 31.6 Å². The van der Waals surface area contributed by atoms with Gasteiger partial charge in [0.1, 0.15) is 56.8 Å². The molecule has 0 aliphatic rings. The normalized spacial score (nSPS) is 11.6. The number of rotatable bonds is 18. The van der Waals surface area contributed by atoms with Crippen molar-refractivity contribution in [2.45, 2.75) is 66.0 Å². The van der Waals surface area contributed by atoms with E-state index in [0.717, 1.165) is 76.0 Å². The van der Waals surface area contributed by atoms with Crippen LogP contribution in [0.5, 0.6) is 40.2 Å². The highest BCUT2D eigenvalue weighted by Gasteiger charge is 2.33. The van der Waals surface area contributed by atoms with Crippen LogP contribution in [-0.4, -0.2) is 62.5 Å². The third kappa shape index (κ3) is 19.4. The third-order valence-electron chi connectivity index (χ3n) is 14.0. The molecular weight excluding hydrogens is 1380 g/mol. The molecule has 0 radical (unpaired) electrons. The van der Waals surface area contributed by atoms with Crippen molar-refractivity contribution in [3.05, 3.63) is 278 Å². The van der Waals surface area contributed by atoms with E-state index in [1.165, 1.54) is 72.8 Å². The van der Waals surface area contributed by atoms with Crippen molar-refractivity contribution < 1.29 is 87.7 Å². The van der Waals surface area contributed by atoms with Crippen LogP contribution >= 0.6 is 7.14 Å². The summed E-state index contributed by atoms with van der Waals surface area (Å²) in [6, 6.07) is 65.5. The molecule has 512 valence electrons. The van der Waals surface area contributed by atoms with Crippen LogP contribution in [0.15, 0.2) is 290 Å². The van der Waals surface area contributed by atoms with Crippen molar-refractivity contribution in [3.8, 4) is 62.5 Å². The fourth-order valence-corrected chi connectivity index (χ4v) is 15.8. The van der Waals surface area contributed by atoms with Crippen LogP contribution in [0.25, 0.3) is 22.3 Å². The number of methoxy groups -OCH3 is 1. The topological polar surface area (TPSA) is 282 Å². The van der Waals surface area contributed by atoms with E-state index in [0.29, 0.717) is 23.0 Å². The molecule has 0 aliphatic carbocycles. The number of ether oxygens (including phenoxy) is 4. The molecule has 0 bridgehead atoms. The highest BCUT2D eigenvalue weighted by Crippen LogP contribution is 2.45. The molecule has 0 amide bonds. The van der Waals surface area contributed by atoms with E-state index in [1.54, 1.807) is 92.0 Å². The molecule has 1 unspecified atom stereocenters. The van der Waals surface area contributed by atoms with Crippen molar-refractivity contribution in [1.82, 2.24) is 0 Å². The molecule has 0 aliphatic heterocycles. The number of hydrogen-bond donors (Lipinski definition) is 2. The van der Waals surface area contributed by atoms with E-state index >= 15 is 4.57 Å². The van der Waals surface area contributed by atoms with Gasteiger partial charge in [0.15, 0.2) is 7.14 Å². The molecule has 0 spiro atoms. The number of sulfone groups is 2. The van der Waals surface area contributed by atoms with Gasteiger partial charge in [-0.3, -0.25) is 9.11 Å². The molecule has 0 saturated heterocycles. The van der Waals surface area contributed by atoms with E-state index in [-0.39, 0.29) is 76.7 Å². The molecule has 18 nitrogen and oxygen atoms in total. The average Bonchev–Trinajstić information content (AvgIpc) is 0.750. The lowest BCUT2D eigenvalue weighted by molar-refractivity contribution is 0.415. The second kappa shape index (κ2) is 33.3. The van der Waals surface area contributed by atoms with Crippen LogP contribution in [0, 0.1) is 18.6 Å². The third-order valence-corrected chi connectivity index (χ3v) is 22.3. The first-order valence-electron chi connectivity index (χ1n) is 27.4. The van der Waals surface area contributed by atoms with Crippen LogP contribution < -0.4 is 34.9 Å². The average molecular weight is 1450 g/mol. The Morgan fingerprint density at radius 3 is 1.00 bits per heavy atom. The Bertz CT molecular complexity index is 5120. The zero-order valence-corrected chi connectivity index (χ0v) is 54.0. The highest BCUT2D eigenvalue weighted by molar-refractivity contribution is 7.92. The molecule has 0 aromatic heterocycles. The number of halogens is 2. The van der Waals surface area contributed by atoms with Gasteiger partial charge in [0.25, 0.3) is 20.2 Å². The van der Waals surface area contributed by atoms with Gasteiger partial charge in [-0.05, 0) is 205 Å². The Hall–Kier alpha value is -9.95. The first-order valence-corrected chi connectivity index (χ1v) is 36.0. The van der Waals surface area contributed by atoms with E-state index in [4.69, 9.17) is 31.6 Å². The fraction of sp³-hybridized carbons (Fsp3) is 0.0833. The highest BCUT2D eigenvalue weighted by atomic mass is 32.2. The molecule has 11 aromatic carbocycles. The minimum atomic E-state index is -4.98. The predicted molar refractivity (Wildman–Crippen MR) is 374 cm³/mol. The SMILES string of the molecule is C.C.C.C.COc1ccc(-c2ccc(Oc3ccc(S(=O)(=O)c4ccc(Oc5ccc(-c6ccc(Oc7ccc(P(=O)(c8ccc(C)cc8)c8cccc(S(=O)(=O)O)c8)cc7S(=O)(=O)O)cc6)cc5)cc4)cc3)cc2)cc1.O=S(=O)(c1ccc(F)cc1)c1ccc(F)cc1.O=S(=O)=O. The van der Waals surface area contributed by atoms with Crippen LogP contribution in [0.4, 0.5) is 8.78 Å². The van der Waals surface area contributed by atoms with E-state index < -0.39 is 79.1 Å². The van der Waals surface area contributed by atoms with Crippen molar-refractivity contribution >= 4 is 73.6 Å². The van der Waals surface area contributed by atoms with E-state index in [1.807, 2.05) is 67.6 Å². The summed E-state index contributed by atoms with van der Waals surface area (Å²) < 4.78 is 210. The minimum absolute atomic E-state index is 0. The maximum absolute atomic E-state index is 15.2.